The number of carbonyl (C=O) groups is 1. The van der Waals surface area contributed by atoms with Crippen molar-refractivity contribution < 1.29 is 4.79 Å². The molecule has 1 amide bonds. The Hall–Kier alpha value is -1.99. The molecule has 0 heterocycles. The predicted octanol–water partition coefficient (Wildman–Crippen LogP) is 1.93. The van der Waals surface area contributed by atoms with Crippen LogP contribution in [0.5, 0.6) is 0 Å². The molecule has 0 radical (unpaired) electrons. The average Bonchev–Trinajstić information content (AvgIpc) is 2.34. The summed E-state index contributed by atoms with van der Waals surface area (Å²) >= 11 is 5.97. The Bertz CT molecular complexity index is 503. The van der Waals surface area contributed by atoms with Crippen LogP contribution in [-0.2, 0) is 11.3 Å². The average molecular weight is 264 g/mol. The maximum absolute atomic E-state index is 11.7. The third kappa shape index (κ3) is 4.11. The molecule has 18 heavy (non-hydrogen) atoms. The van der Waals surface area contributed by atoms with E-state index in [0.717, 1.165) is 5.56 Å². The van der Waals surface area contributed by atoms with Gasteiger partial charge in [-0.2, -0.15) is 5.26 Å². The highest BCUT2D eigenvalue weighted by Gasteiger charge is 2.09. The molecule has 4 nitrogen and oxygen atoms in total. The Labute approximate surface area is 111 Å². The molecular weight excluding hydrogens is 250 g/mol. The third-order valence-electron chi connectivity index (χ3n) is 2.15. The minimum absolute atomic E-state index is 0.0621. The van der Waals surface area contributed by atoms with Gasteiger partial charge in [0.15, 0.2) is 0 Å². The lowest BCUT2D eigenvalue weighted by Gasteiger charge is -2.08. The van der Waals surface area contributed by atoms with Crippen molar-refractivity contribution in [3.8, 4) is 6.07 Å². The number of carbonyl (C=O) groups excluding carboxylic acids is 1. The largest absolute Gasteiger partial charge is 0.382 e. The van der Waals surface area contributed by atoms with Crippen LogP contribution in [0.15, 0.2) is 36.0 Å². The molecular formula is C13H14ClN3O. The van der Waals surface area contributed by atoms with Crippen molar-refractivity contribution in [1.82, 2.24) is 10.2 Å². The Morgan fingerprint density at radius 2 is 2.17 bits per heavy atom. The number of hydrogen-bond donors (Lipinski definition) is 1. The molecule has 0 fully saturated rings. The second-order valence-corrected chi connectivity index (χ2v) is 4.30. The molecule has 0 aliphatic heterocycles. The van der Waals surface area contributed by atoms with Crippen molar-refractivity contribution in [2.24, 2.45) is 0 Å². The van der Waals surface area contributed by atoms with E-state index in [2.05, 4.69) is 5.32 Å². The van der Waals surface area contributed by atoms with Gasteiger partial charge in [0.25, 0.3) is 5.91 Å². The van der Waals surface area contributed by atoms with Crippen LogP contribution in [0.4, 0.5) is 0 Å². The number of nitrogens with zero attached hydrogens (tertiary/aromatic N) is 2. The van der Waals surface area contributed by atoms with E-state index in [4.69, 9.17) is 16.9 Å². The van der Waals surface area contributed by atoms with Gasteiger partial charge in [-0.1, -0.05) is 29.8 Å². The molecule has 0 saturated carbocycles. The normalized spacial score (nSPS) is 10.7. The lowest BCUT2D eigenvalue weighted by atomic mass is 10.2. The van der Waals surface area contributed by atoms with Crippen molar-refractivity contribution >= 4 is 17.5 Å². The zero-order valence-corrected chi connectivity index (χ0v) is 11.0. The van der Waals surface area contributed by atoms with Crippen LogP contribution >= 0.6 is 11.6 Å². The smallest absolute Gasteiger partial charge is 0.263 e. The van der Waals surface area contributed by atoms with Crippen LogP contribution in [0.1, 0.15) is 5.56 Å². The van der Waals surface area contributed by atoms with Gasteiger partial charge in [-0.15, -0.1) is 0 Å². The third-order valence-corrected chi connectivity index (χ3v) is 2.52. The maximum atomic E-state index is 11.7. The monoisotopic (exact) mass is 263 g/mol. The minimum atomic E-state index is -0.411. The molecule has 5 heteroatoms. The molecule has 0 aliphatic rings. The van der Waals surface area contributed by atoms with Crippen LogP contribution in [-0.4, -0.2) is 24.9 Å². The number of benzene rings is 1. The standard InChI is InChI=1S/C13H14ClN3O/c1-17(2)9-11(7-15)13(18)16-8-10-5-3-4-6-12(10)14/h3-6,9H,8H2,1-2H3,(H,16,18)/b11-9-. The van der Waals surface area contributed by atoms with Crippen molar-refractivity contribution in [3.05, 3.63) is 46.6 Å². The van der Waals surface area contributed by atoms with E-state index in [1.165, 1.54) is 6.20 Å². The van der Waals surface area contributed by atoms with Crippen LogP contribution in [0.25, 0.3) is 0 Å². The van der Waals surface area contributed by atoms with E-state index in [0.29, 0.717) is 11.6 Å². The summed E-state index contributed by atoms with van der Waals surface area (Å²) in [4.78, 5) is 13.4. The summed E-state index contributed by atoms with van der Waals surface area (Å²) in [6, 6.07) is 9.10. The van der Waals surface area contributed by atoms with E-state index in [1.54, 1.807) is 25.1 Å². The lowest BCUT2D eigenvalue weighted by molar-refractivity contribution is -0.117. The molecule has 1 aromatic rings. The van der Waals surface area contributed by atoms with E-state index in [9.17, 15) is 4.79 Å². The van der Waals surface area contributed by atoms with Crippen LogP contribution in [0.3, 0.4) is 0 Å². The van der Waals surface area contributed by atoms with Gasteiger partial charge in [-0.05, 0) is 11.6 Å². The van der Waals surface area contributed by atoms with Crippen LogP contribution in [0.2, 0.25) is 5.02 Å². The van der Waals surface area contributed by atoms with E-state index < -0.39 is 5.91 Å². The number of rotatable bonds is 4. The fourth-order valence-electron chi connectivity index (χ4n) is 1.31. The Balaban J connectivity index is 2.67. The van der Waals surface area contributed by atoms with E-state index in [-0.39, 0.29) is 5.57 Å². The second-order valence-electron chi connectivity index (χ2n) is 3.89. The van der Waals surface area contributed by atoms with Crippen molar-refractivity contribution in [3.63, 3.8) is 0 Å². The highest BCUT2D eigenvalue weighted by atomic mass is 35.5. The quantitative estimate of drug-likeness (QED) is 0.667. The first kappa shape index (κ1) is 14.1. The molecule has 0 spiro atoms. The summed E-state index contributed by atoms with van der Waals surface area (Å²) in [5.74, 6) is -0.411. The van der Waals surface area contributed by atoms with E-state index >= 15 is 0 Å². The fourth-order valence-corrected chi connectivity index (χ4v) is 1.51. The first-order chi connectivity index (χ1) is 8.54. The van der Waals surface area contributed by atoms with E-state index in [1.807, 2.05) is 24.3 Å². The summed E-state index contributed by atoms with van der Waals surface area (Å²) < 4.78 is 0. The second kappa shape index (κ2) is 6.67. The van der Waals surface area contributed by atoms with Gasteiger partial charge < -0.3 is 10.2 Å². The highest BCUT2D eigenvalue weighted by molar-refractivity contribution is 6.31. The van der Waals surface area contributed by atoms with Crippen LogP contribution < -0.4 is 5.32 Å². The maximum Gasteiger partial charge on any atom is 0.263 e. The van der Waals surface area contributed by atoms with Gasteiger partial charge in [-0.25, -0.2) is 0 Å². The first-order valence-corrected chi connectivity index (χ1v) is 5.72. The zero-order valence-electron chi connectivity index (χ0n) is 10.3. The molecule has 0 aromatic heterocycles. The summed E-state index contributed by atoms with van der Waals surface area (Å²) in [5, 5.41) is 12.1. The Morgan fingerprint density at radius 3 is 2.72 bits per heavy atom. The summed E-state index contributed by atoms with van der Waals surface area (Å²) in [7, 11) is 3.50. The molecule has 0 aliphatic carbocycles. The Morgan fingerprint density at radius 1 is 1.50 bits per heavy atom. The molecule has 0 unspecified atom stereocenters. The molecule has 0 saturated heterocycles. The zero-order chi connectivity index (χ0) is 13.5. The molecule has 94 valence electrons. The van der Waals surface area contributed by atoms with Gasteiger partial charge in [0, 0.05) is 31.9 Å². The van der Waals surface area contributed by atoms with Crippen molar-refractivity contribution in [2.45, 2.75) is 6.54 Å². The fraction of sp³-hybridized carbons (Fsp3) is 0.231. The highest BCUT2D eigenvalue weighted by Crippen LogP contribution is 2.14. The molecule has 1 aromatic carbocycles. The van der Waals surface area contributed by atoms with Gasteiger partial charge in [0.2, 0.25) is 0 Å². The number of halogens is 1. The van der Waals surface area contributed by atoms with Gasteiger partial charge in [-0.3, -0.25) is 4.79 Å². The summed E-state index contributed by atoms with van der Waals surface area (Å²) in [6.07, 6.45) is 1.47. The minimum Gasteiger partial charge on any atom is -0.382 e. The summed E-state index contributed by atoms with van der Waals surface area (Å²) in [6.45, 7) is 0.297. The van der Waals surface area contributed by atoms with Crippen molar-refractivity contribution in [2.75, 3.05) is 14.1 Å². The number of nitrogens with one attached hydrogen (secondary N) is 1. The molecule has 0 atom stereocenters. The lowest BCUT2D eigenvalue weighted by Crippen LogP contribution is -2.25. The van der Waals surface area contributed by atoms with Crippen molar-refractivity contribution in [1.29, 1.82) is 5.26 Å². The molecule has 1 rings (SSSR count). The molecule has 0 bridgehead atoms. The van der Waals surface area contributed by atoms with Gasteiger partial charge >= 0.3 is 0 Å². The predicted molar refractivity (Wildman–Crippen MR) is 70.7 cm³/mol. The van der Waals surface area contributed by atoms with Gasteiger partial charge in [0.05, 0.1) is 0 Å². The summed E-state index contributed by atoms with van der Waals surface area (Å²) in [5.41, 5.74) is 0.877. The SMILES string of the molecule is CN(C)/C=C(/C#N)C(=O)NCc1ccccc1Cl. The topological polar surface area (TPSA) is 56.1 Å². The Kier molecular flexibility index (Phi) is 5.22. The number of nitriles is 1. The number of amides is 1. The molecule has 1 N–H and O–H groups in total. The first-order valence-electron chi connectivity index (χ1n) is 5.34. The van der Waals surface area contributed by atoms with Gasteiger partial charge in [0.1, 0.15) is 11.6 Å². The number of hydrogen-bond acceptors (Lipinski definition) is 3. The van der Waals surface area contributed by atoms with Crippen LogP contribution in [0, 0.1) is 11.3 Å².